The number of likely N-dealkylation sites (tertiary alicyclic amines) is 1. The summed E-state index contributed by atoms with van der Waals surface area (Å²) in [5.41, 5.74) is 1.31. The number of aromatic nitrogens is 3. The number of piperidine rings is 1. The Labute approximate surface area is 187 Å². The highest BCUT2D eigenvalue weighted by Crippen LogP contribution is 2.34. The molecule has 11 heteroatoms. The number of ether oxygens (including phenoxy) is 2. The molecule has 174 valence electrons. The predicted molar refractivity (Wildman–Crippen MR) is 115 cm³/mol. The number of carbonyl (C=O) groups is 1. The standard InChI is InChI=1S/C21H29N5O5S/c1-15(2)26-18-6-5-16(14-17(18)22-23-26)32(28,29)25-9-3-4-19(25)20(27)24-10-7-21(8-11-24)30-12-13-31-21/h5-6,14-15,19H,3-4,7-13H2,1-2H3. The van der Waals surface area contributed by atoms with Crippen molar-refractivity contribution in [2.75, 3.05) is 32.8 Å². The van der Waals surface area contributed by atoms with Gasteiger partial charge in [-0.15, -0.1) is 5.10 Å². The first-order chi connectivity index (χ1) is 15.3. The first-order valence-electron chi connectivity index (χ1n) is 11.2. The van der Waals surface area contributed by atoms with Crippen molar-refractivity contribution in [3.8, 4) is 0 Å². The predicted octanol–water partition coefficient (Wildman–Crippen LogP) is 1.53. The average molecular weight is 464 g/mol. The Balaban J connectivity index is 1.35. The number of sulfonamides is 1. The molecule has 10 nitrogen and oxygen atoms in total. The second kappa shape index (κ2) is 8.05. The van der Waals surface area contributed by atoms with Crippen LogP contribution < -0.4 is 0 Å². The van der Waals surface area contributed by atoms with Crippen molar-refractivity contribution in [3.63, 3.8) is 0 Å². The van der Waals surface area contributed by atoms with Crippen molar-refractivity contribution < 1.29 is 22.7 Å². The maximum absolute atomic E-state index is 13.5. The highest BCUT2D eigenvalue weighted by molar-refractivity contribution is 7.89. The smallest absolute Gasteiger partial charge is 0.243 e. The van der Waals surface area contributed by atoms with E-state index in [4.69, 9.17) is 9.47 Å². The van der Waals surface area contributed by atoms with Crippen LogP contribution in [0.1, 0.15) is 45.6 Å². The number of hydrogen-bond donors (Lipinski definition) is 0. The summed E-state index contributed by atoms with van der Waals surface area (Å²) in [6.07, 6.45) is 2.41. The van der Waals surface area contributed by atoms with Gasteiger partial charge in [-0.2, -0.15) is 4.31 Å². The Hall–Kier alpha value is -2.08. The van der Waals surface area contributed by atoms with Crippen LogP contribution in [0.2, 0.25) is 0 Å². The normalized spacial score (nSPS) is 24.2. The lowest BCUT2D eigenvalue weighted by atomic mass is 10.0. The molecule has 1 aromatic carbocycles. The molecular weight excluding hydrogens is 434 g/mol. The summed E-state index contributed by atoms with van der Waals surface area (Å²) in [6, 6.07) is 4.31. The Bertz CT molecular complexity index is 1110. The minimum absolute atomic E-state index is 0.117. The van der Waals surface area contributed by atoms with Gasteiger partial charge in [0, 0.05) is 38.5 Å². The molecule has 1 atom stereocenters. The van der Waals surface area contributed by atoms with Gasteiger partial charge < -0.3 is 14.4 Å². The van der Waals surface area contributed by atoms with Crippen LogP contribution in [0.15, 0.2) is 23.1 Å². The minimum Gasteiger partial charge on any atom is -0.347 e. The van der Waals surface area contributed by atoms with Gasteiger partial charge in [-0.05, 0) is 44.9 Å². The van der Waals surface area contributed by atoms with Crippen LogP contribution in [-0.4, -0.2) is 83.2 Å². The molecule has 1 amide bonds. The minimum atomic E-state index is -3.84. The number of carbonyl (C=O) groups excluding carboxylic acids is 1. The summed E-state index contributed by atoms with van der Waals surface area (Å²) >= 11 is 0. The molecular formula is C21H29N5O5S. The van der Waals surface area contributed by atoms with E-state index >= 15 is 0 Å². The number of rotatable bonds is 4. The molecule has 0 saturated carbocycles. The van der Waals surface area contributed by atoms with Crippen LogP contribution in [0.25, 0.3) is 11.0 Å². The molecule has 0 radical (unpaired) electrons. The Morgan fingerprint density at radius 3 is 2.56 bits per heavy atom. The molecule has 3 aliphatic heterocycles. The van der Waals surface area contributed by atoms with Crippen molar-refractivity contribution in [2.45, 2.75) is 62.3 Å². The van der Waals surface area contributed by atoms with E-state index in [1.807, 2.05) is 13.8 Å². The lowest BCUT2D eigenvalue weighted by Gasteiger charge is -2.39. The molecule has 3 saturated heterocycles. The fourth-order valence-corrected chi connectivity index (χ4v) is 6.61. The van der Waals surface area contributed by atoms with Crippen molar-refractivity contribution in [1.29, 1.82) is 0 Å². The molecule has 1 unspecified atom stereocenters. The third kappa shape index (κ3) is 3.60. The molecule has 1 aromatic heterocycles. The third-order valence-corrected chi connectivity index (χ3v) is 8.58. The Morgan fingerprint density at radius 2 is 1.88 bits per heavy atom. The van der Waals surface area contributed by atoms with Crippen LogP contribution >= 0.6 is 0 Å². The van der Waals surface area contributed by atoms with Crippen molar-refractivity contribution in [3.05, 3.63) is 18.2 Å². The highest BCUT2D eigenvalue weighted by Gasteiger charge is 2.45. The fourth-order valence-electron chi connectivity index (χ4n) is 4.94. The van der Waals surface area contributed by atoms with E-state index in [1.165, 1.54) is 4.31 Å². The van der Waals surface area contributed by atoms with Crippen molar-refractivity contribution >= 4 is 27.0 Å². The number of benzene rings is 1. The zero-order valence-electron chi connectivity index (χ0n) is 18.4. The van der Waals surface area contributed by atoms with E-state index in [0.29, 0.717) is 64.0 Å². The molecule has 32 heavy (non-hydrogen) atoms. The van der Waals surface area contributed by atoms with Gasteiger partial charge in [0.1, 0.15) is 11.6 Å². The maximum Gasteiger partial charge on any atom is 0.243 e. The molecule has 3 fully saturated rings. The molecule has 3 aliphatic rings. The molecule has 0 bridgehead atoms. The largest absolute Gasteiger partial charge is 0.347 e. The maximum atomic E-state index is 13.5. The van der Waals surface area contributed by atoms with Crippen LogP contribution in [0.3, 0.4) is 0 Å². The second-order valence-corrected chi connectivity index (χ2v) is 10.9. The molecule has 0 aliphatic carbocycles. The van der Waals surface area contributed by atoms with Crippen LogP contribution in [0, 0.1) is 0 Å². The summed E-state index contributed by atoms with van der Waals surface area (Å²) in [5.74, 6) is -0.702. The number of hydrogen-bond acceptors (Lipinski definition) is 7. The SMILES string of the molecule is CC(C)n1nnc2cc(S(=O)(=O)N3CCCC3C(=O)N3CCC4(CC3)OCCO4)ccc21. The number of fused-ring (bicyclic) bond motifs is 1. The molecule has 2 aromatic rings. The molecule has 1 spiro atoms. The van der Waals surface area contributed by atoms with Crippen molar-refractivity contribution in [1.82, 2.24) is 24.2 Å². The molecule has 4 heterocycles. The number of nitrogens with zero attached hydrogens (tertiary/aromatic N) is 5. The van der Waals surface area contributed by atoms with Gasteiger partial charge >= 0.3 is 0 Å². The van der Waals surface area contributed by atoms with Gasteiger partial charge in [0.2, 0.25) is 15.9 Å². The first kappa shape index (κ1) is 21.7. The topological polar surface area (TPSA) is 107 Å². The van der Waals surface area contributed by atoms with Gasteiger partial charge in [-0.3, -0.25) is 4.79 Å². The van der Waals surface area contributed by atoms with Gasteiger partial charge in [-0.1, -0.05) is 5.21 Å². The summed E-state index contributed by atoms with van der Waals surface area (Å²) in [6.45, 7) is 6.50. The van der Waals surface area contributed by atoms with E-state index < -0.39 is 21.9 Å². The third-order valence-electron chi connectivity index (χ3n) is 6.68. The zero-order chi connectivity index (χ0) is 22.5. The van der Waals surface area contributed by atoms with Gasteiger partial charge in [0.05, 0.1) is 23.6 Å². The summed E-state index contributed by atoms with van der Waals surface area (Å²) in [5, 5.41) is 8.26. The van der Waals surface area contributed by atoms with Crippen molar-refractivity contribution in [2.24, 2.45) is 0 Å². The average Bonchev–Trinajstić information content (AvgIpc) is 3.53. The Morgan fingerprint density at radius 1 is 1.16 bits per heavy atom. The molecule has 5 rings (SSSR count). The number of amides is 1. The monoisotopic (exact) mass is 463 g/mol. The van der Waals surface area contributed by atoms with Crippen LogP contribution in [-0.2, 0) is 24.3 Å². The lowest BCUT2D eigenvalue weighted by Crippen LogP contribution is -2.53. The van der Waals surface area contributed by atoms with Gasteiger partial charge in [0.15, 0.2) is 5.79 Å². The van der Waals surface area contributed by atoms with E-state index in [-0.39, 0.29) is 16.8 Å². The fraction of sp³-hybridized carbons (Fsp3) is 0.667. The lowest BCUT2D eigenvalue weighted by molar-refractivity contribution is -0.188. The van der Waals surface area contributed by atoms with E-state index in [9.17, 15) is 13.2 Å². The van der Waals surface area contributed by atoms with E-state index in [2.05, 4.69) is 10.3 Å². The van der Waals surface area contributed by atoms with Crippen LogP contribution in [0.5, 0.6) is 0 Å². The van der Waals surface area contributed by atoms with Crippen LogP contribution in [0.4, 0.5) is 0 Å². The first-order valence-corrected chi connectivity index (χ1v) is 12.7. The van der Waals surface area contributed by atoms with E-state index in [0.717, 1.165) is 5.52 Å². The zero-order valence-corrected chi connectivity index (χ0v) is 19.3. The summed E-state index contributed by atoms with van der Waals surface area (Å²) < 4.78 is 41.6. The van der Waals surface area contributed by atoms with E-state index in [1.54, 1.807) is 27.8 Å². The summed E-state index contributed by atoms with van der Waals surface area (Å²) in [4.78, 5) is 15.2. The second-order valence-electron chi connectivity index (χ2n) is 8.98. The Kier molecular flexibility index (Phi) is 5.47. The summed E-state index contributed by atoms with van der Waals surface area (Å²) in [7, 11) is -3.84. The molecule has 0 N–H and O–H groups in total. The highest BCUT2D eigenvalue weighted by atomic mass is 32.2. The quantitative estimate of drug-likeness (QED) is 0.677. The van der Waals surface area contributed by atoms with Gasteiger partial charge in [-0.25, -0.2) is 13.1 Å². The van der Waals surface area contributed by atoms with Gasteiger partial charge in [0.25, 0.3) is 0 Å².